The molecule has 2 aromatic rings. The Kier molecular flexibility index (Phi) is 4.61. The van der Waals surface area contributed by atoms with E-state index in [1.54, 1.807) is 0 Å². The third-order valence-corrected chi connectivity index (χ3v) is 5.37. The molecule has 1 fully saturated rings. The summed E-state index contributed by atoms with van der Waals surface area (Å²) >= 11 is 1.87. The number of nitrogens with one attached hydrogen (secondary N) is 1. The van der Waals surface area contributed by atoms with Gasteiger partial charge in [-0.15, -0.1) is 11.3 Å². The van der Waals surface area contributed by atoms with Crippen molar-refractivity contribution < 1.29 is 0 Å². The molecular formula is C18H24N2S. The predicted molar refractivity (Wildman–Crippen MR) is 92.2 cm³/mol. The van der Waals surface area contributed by atoms with Crippen molar-refractivity contribution in [1.29, 1.82) is 0 Å². The Morgan fingerprint density at radius 1 is 1.10 bits per heavy atom. The van der Waals surface area contributed by atoms with E-state index in [0.29, 0.717) is 0 Å². The third-order valence-electron chi connectivity index (χ3n) is 4.43. The summed E-state index contributed by atoms with van der Waals surface area (Å²) in [4.78, 5) is 4.11. The zero-order valence-electron chi connectivity index (χ0n) is 12.7. The summed E-state index contributed by atoms with van der Waals surface area (Å²) in [5, 5.41) is 5.90. The Hall–Kier alpha value is -1.32. The van der Waals surface area contributed by atoms with E-state index < -0.39 is 0 Å². The maximum atomic E-state index is 3.72. The van der Waals surface area contributed by atoms with Crippen LogP contribution in [-0.2, 0) is 6.42 Å². The van der Waals surface area contributed by atoms with Crippen molar-refractivity contribution in [2.75, 3.05) is 25.0 Å². The van der Waals surface area contributed by atoms with E-state index in [1.807, 2.05) is 11.3 Å². The molecule has 0 amide bonds. The van der Waals surface area contributed by atoms with Gasteiger partial charge in [0.15, 0.2) is 0 Å². The normalized spacial score (nSPS) is 18.5. The molecule has 2 heterocycles. The first-order valence-corrected chi connectivity index (χ1v) is 8.69. The average molecular weight is 300 g/mol. The Balaban J connectivity index is 1.47. The second-order valence-corrected chi connectivity index (χ2v) is 7.25. The number of benzene rings is 1. The van der Waals surface area contributed by atoms with Gasteiger partial charge in [0, 0.05) is 35.7 Å². The summed E-state index contributed by atoms with van der Waals surface area (Å²) in [6.45, 7) is 5.95. The van der Waals surface area contributed by atoms with Crippen LogP contribution in [0.15, 0.2) is 47.8 Å². The molecule has 0 radical (unpaired) electrons. The Morgan fingerprint density at radius 3 is 2.52 bits per heavy atom. The molecule has 2 nitrogen and oxygen atoms in total. The molecule has 1 saturated heterocycles. The summed E-state index contributed by atoms with van der Waals surface area (Å²) in [5.74, 6) is 0. The van der Waals surface area contributed by atoms with E-state index in [1.165, 1.54) is 49.5 Å². The molecule has 3 rings (SSSR count). The quantitative estimate of drug-likeness (QED) is 0.887. The van der Waals surface area contributed by atoms with Gasteiger partial charge in [0.1, 0.15) is 0 Å². The van der Waals surface area contributed by atoms with E-state index >= 15 is 0 Å². The van der Waals surface area contributed by atoms with Crippen LogP contribution in [0.1, 0.15) is 24.6 Å². The smallest absolute Gasteiger partial charge is 0.0370 e. The lowest BCUT2D eigenvalue weighted by molar-refractivity contribution is 0.184. The summed E-state index contributed by atoms with van der Waals surface area (Å²) < 4.78 is 0. The highest BCUT2D eigenvalue weighted by atomic mass is 32.1. The van der Waals surface area contributed by atoms with Crippen LogP contribution in [0.2, 0.25) is 0 Å². The maximum absolute atomic E-state index is 3.72. The molecule has 1 aromatic heterocycles. The van der Waals surface area contributed by atoms with Crippen molar-refractivity contribution in [3.63, 3.8) is 0 Å². The van der Waals surface area contributed by atoms with E-state index in [2.05, 4.69) is 65.0 Å². The number of piperidine rings is 1. The molecule has 1 N–H and O–H groups in total. The zero-order chi connectivity index (χ0) is 14.5. The van der Waals surface area contributed by atoms with Gasteiger partial charge in [0.05, 0.1) is 0 Å². The topological polar surface area (TPSA) is 15.3 Å². The predicted octanol–water partition coefficient (Wildman–Crippen LogP) is 4.26. The molecule has 21 heavy (non-hydrogen) atoms. The highest BCUT2D eigenvalue weighted by molar-refractivity contribution is 7.09. The maximum Gasteiger partial charge on any atom is 0.0370 e. The molecule has 1 aliphatic rings. The van der Waals surface area contributed by atoms with E-state index in [-0.39, 0.29) is 5.54 Å². The van der Waals surface area contributed by atoms with Gasteiger partial charge >= 0.3 is 0 Å². The van der Waals surface area contributed by atoms with Gasteiger partial charge in [0.2, 0.25) is 0 Å². The summed E-state index contributed by atoms with van der Waals surface area (Å²) in [6, 6.07) is 15.0. The van der Waals surface area contributed by atoms with Crippen LogP contribution in [0.25, 0.3) is 0 Å². The van der Waals surface area contributed by atoms with Gasteiger partial charge in [-0.3, -0.25) is 0 Å². The fourth-order valence-corrected chi connectivity index (χ4v) is 3.69. The van der Waals surface area contributed by atoms with Crippen LogP contribution in [0.5, 0.6) is 0 Å². The fourth-order valence-electron chi connectivity index (χ4n) is 2.99. The van der Waals surface area contributed by atoms with Crippen molar-refractivity contribution >= 4 is 17.0 Å². The molecule has 0 saturated carbocycles. The molecule has 1 aromatic carbocycles. The first kappa shape index (κ1) is 14.6. The van der Waals surface area contributed by atoms with Crippen LogP contribution in [0.3, 0.4) is 0 Å². The molecule has 112 valence electrons. The lowest BCUT2D eigenvalue weighted by Gasteiger charge is -2.40. The Bertz CT molecular complexity index is 528. The largest absolute Gasteiger partial charge is 0.380 e. The van der Waals surface area contributed by atoms with Gasteiger partial charge in [-0.25, -0.2) is 0 Å². The third kappa shape index (κ3) is 4.08. The second-order valence-electron chi connectivity index (χ2n) is 6.22. The number of hydrogen-bond donors (Lipinski definition) is 1. The van der Waals surface area contributed by atoms with Gasteiger partial charge in [0.25, 0.3) is 0 Å². The number of nitrogens with zero attached hydrogens (tertiary/aromatic N) is 1. The van der Waals surface area contributed by atoms with E-state index in [9.17, 15) is 0 Å². The number of likely N-dealkylation sites (tertiary alicyclic amines) is 1. The van der Waals surface area contributed by atoms with E-state index in [4.69, 9.17) is 0 Å². The standard InChI is InChI=1S/C18H24N2S/c1-18(19-16-6-3-2-4-7-16)10-13-20(14-11-18)12-9-17-8-5-15-21-17/h2-8,15,19H,9-14H2,1H3. The molecule has 0 unspecified atom stereocenters. The molecule has 0 aliphatic carbocycles. The van der Waals surface area contributed by atoms with Crippen molar-refractivity contribution in [3.8, 4) is 0 Å². The molecular weight excluding hydrogens is 276 g/mol. The van der Waals surface area contributed by atoms with Crippen molar-refractivity contribution in [3.05, 3.63) is 52.7 Å². The molecule has 3 heteroatoms. The minimum absolute atomic E-state index is 0.237. The summed E-state index contributed by atoms with van der Waals surface area (Å²) in [7, 11) is 0. The lowest BCUT2D eigenvalue weighted by atomic mass is 9.89. The Morgan fingerprint density at radius 2 is 1.86 bits per heavy atom. The molecule has 1 aliphatic heterocycles. The Labute approximate surface area is 131 Å². The average Bonchev–Trinajstić information content (AvgIpc) is 3.01. The van der Waals surface area contributed by atoms with E-state index in [0.717, 1.165) is 0 Å². The molecule has 0 atom stereocenters. The van der Waals surface area contributed by atoms with Crippen LogP contribution < -0.4 is 5.32 Å². The SMILES string of the molecule is CC1(Nc2ccccc2)CCN(CCc2cccs2)CC1. The summed E-state index contributed by atoms with van der Waals surface area (Å²) in [5.41, 5.74) is 1.48. The molecule has 0 bridgehead atoms. The highest BCUT2D eigenvalue weighted by Crippen LogP contribution is 2.26. The van der Waals surface area contributed by atoms with Gasteiger partial charge < -0.3 is 10.2 Å². The lowest BCUT2D eigenvalue weighted by Crippen LogP contribution is -2.47. The van der Waals surface area contributed by atoms with Crippen molar-refractivity contribution in [2.24, 2.45) is 0 Å². The van der Waals surface area contributed by atoms with Crippen molar-refractivity contribution in [1.82, 2.24) is 4.90 Å². The van der Waals surface area contributed by atoms with Gasteiger partial charge in [-0.2, -0.15) is 0 Å². The van der Waals surface area contributed by atoms with Gasteiger partial charge in [-0.05, 0) is 49.8 Å². The first-order valence-electron chi connectivity index (χ1n) is 7.82. The number of thiophene rings is 1. The first-order chi connectivity index (χ1) is 10.2. The minimum atomic E-state index is 0.237. The van der Waals surface area contributed by atoms with Crippen molar-refractivity contribution in [2.45, 2.75) is 31.7 Å². The number of hydrogen-bond acceptors (Lipinski definition) is 3. The fraction of sp³-hybridized carbons (Fsp3) is 0.444. The number of para-hydroxylation sites is 1. The van der Waals surface area contributed by atoms with Crippen LogP contribution in [0, 0.1) is 0 Å². The van der Waals surface area contributed by atoms with Crippen LogP contribution >= 0.6 is 11.3 Å². The highest BCUT2D eigenvalue weighted by Gasteiger charge is 2.29. The van der Waals surface area contributed by atoms with Gasteiger partial charge in [-0.1, -0.05) is 24.3 Å². The minimum Gasteiger partial charge on any atom is -0.380 e. The monoisotopic (exact) mass is 300 g/mol. The summed E-state index contributed by atoms with van der Waals surface area (Å²) in [6.07, 6.45) is 3.62. The molecule has 0 spiro atoms. The zero-order valence-corrected chi connectivity index (χ0v) is 13.5. The van der Waals surface area contributed by atoms with Crippen LogP contribution in [-0.4, -0.2) is 30.1 Å². The van der Waals surface area contributed by atoms with Crippen LogP contribution in [0.4, 0.5) is 5.69 Å². The second kappa shape index (κ2) is 6.63. The number of anilines is 1. The number of rotatable bonds is 5.